The average molecular weight is 439 g/mol. The Labute approximate surface area is 190 Å². The van der Waals surface area contributed by atoms with Crippen LogP contribution in [0, 0.1) is 23.2 Å². The molecule has 3 heterocycles. The molecule has 1 aliphatic heterocycles. The van der Waals surface area contributed by atoms with E-state index in [0.717, 1.165) is 5.76 Å². The number of anilines is 1. The summed E-state index contributed by atoms with van der Waals surface area (Å²) in [7, 11) is 0. The van der Waals surface area contributed by atoms with Gasteiger partial charge in [-0.3, -0.25) is 4.79 Å². The Morgan fingerprint density at radius 3 is 2.81 bits per heavy atom. The van der Waals surface area contributed by atoms with E-state index in [1.54, 1.807) is 12.5 Å². The molecule has 0 aromatic carbocycles. The molecule has 0 bridgehead atoms. The van der Waals surface area contributed by atoms with E-state index in [2.05, 4.69) is 35.5 Å². The van der Waals surface area contributed by atoms with Crippen molar-refractivity contribution in [1.82, 2.24) is 20.2 Å². The molecule has 2 N–H and O–H groups in total. The molecule has 0 saturated carbocycles. The zero-order chi connectivity index (χ0) is 23.3. The standard InChI is InChI=1S/C24H34N6O2/c1-16(2)15-30(18-9-17(10-25)11-26-12-18)22(31)20-14-28-23(24(3,4)5)29-21(20)27-13-19-7-6-8-32-19/h6-8,14,16-18,26H,9,11-13,15H2,1-5H3,(H,27,28,29). The van der Waals surface area contributed by atoms with E-state index in [1.807, 2.05) is 37.8 Å². The number of nitrogens with zero attached hydrogens (tertiary/aromatic N) is 4. The highest BCUT2D eigenvalue weighted by Crippen LogP contribution is 2.25. The van der Waals surface area contributed by atoms with Crippen LogP contribution in [0.25, 0.3) is 0 Å². The Balaban J connectivity index is 1.94. The van der Waals surface area contributed by atoms with Crippen LogP contribution in [-0.2, 0) is 12.0 Å². The number of piperidine rings is 1. The van der Waals surface area contributed by atoms with Crippen LogP contribution in [0.15, 0.2) is 29.0 Å². The first-order chi connectivity index (χ1) is 15.2. The Morgan fingerprint density at radius 1 is 1.41 bits per heavy atom. The molecule has 3 rings (SSSR count). The lowest BCUT2D eigenvalue weighted by atomic mass is 9.94. The molecule has 1 fully saturated rings. The van der Waals surface area contributed by atoms with Gasteiger partial charge in [0.1, 0.15) is 23.0 Å². The molecule has 0 spiro atoms. The molecule has 1 saturated heterocycles. The molecule has 172 valence electrons. The molecule has 1 aliphatic rings. The van der Waals surface area contributed by atoms with Gasteiger partial charge in [-0.05, 0) is 24.5 Å². The topological polar surface area (TPSA) is 107 Å². The van der Waals surface area contributed by atoms with Crippen LogP contribution in [0.2, 0.25) is 0 Å². The molecule has 0 aliphatic carbocycles. The second-order valence-corrected chi connectivity index (χ2v) is 9.86. The van der Waals surface area contributed by atoms with E-state index < -0.39 is 0 Å². The van der Waals surface area contributed by atoms with E-state index in [9.17, 15) is 10.1 Å². The van der Waals surface area contributed by atoms with Crippen molar-refractivity contribution >= 4 is 11.7 Å². The summed E-state index contributed by atoms with van der Waals surface area (Å²) in [4.78, 5) is 24.9. The van der Waals surface area contributed by atoms with Crippen molar-refractivity contribution in [2.45, 2.75) is 59.0 Å². The number of furan rings is 1. The number of nitriles is 1. The number of nitrogens with one attached hydrogen (secondary N) is 2. The number of aromatic nitrogens is 2. The van der Waals surface area contributed by atoms with E-state index in [-0.39, 0.29) is 29.2 Å². The lowest BCUT2D eigenvalue weighted by Gasteiger charge is -2.37. The highest BCUT2D eigenvalue weighted by atomic mass is 16.3. The summed E-state index contributed by atoms with van der Waals surface area (Å²) >= 11 is 0. The number of hydrogen-bond donors (Lipinski definition) is 2. The summed E-state index contributed by atoms with van der Waals surface area (Å²) in [6.45, 7) is 12.7. The van der Waals surface area contributed by atoms with Gasteiger partial charge in [0, 0.05) is 37.3 Å². The predicted octanol–water partition coefficient (Wildman–Crippen LogP) is 3.58. The van der Waals surface area contributed by atoms with Gasteiger partial charge in [-0.15, -0.1) is 0 Å². The minimum Gasteiger partial charge on any atom is -0.467 e. The number of carbonyl (C=O) groups excluding carboxylic acids is 1. The molecule has 2 atom stereocenters. The minimum absolute atomic E-state index is 0.0523. The number of carbonyl (C=O) groups is 1. The van der Waals surface area contributed by atoms with Crippen LogP contribution in [-0.4, -0.2) is 46.5 Å². The second kappa shape index (κ2) is 10.1. The van der Waals surface area contributed by atoms with E-state index >= 15 is 0 Å². The van der Waals surface area contributed by atoms with Crippen molar-refractivity contribution in [1.29, 1.82) is 5.26 Å². The monoisotopic (exact) mass is 438 g/mol. The summed E-state index contributed by atoms with van der Waals surface area (Å²) < 4.78 is 5.43. The smallest absolute Gasteiger partial charge is 0.259 e. The zero-order valence-corrected chi connectivity index (χ0v) is 19.7. The molecule has 8 heteroatoms. The molecule has 1 amide bonds. The third-order valence-corrected chi connectivity index (χ3v) is 5.47. The lowest BCUT2D eigenvalue weighted by molar-refractivity contribution is 0.0604. The Morgan fingerprint density at radius 2 is 2.19 bits per heavy atom. The van der Waals surface area contributed by atoms with Gasteiger partial charge in [0.2, 0.25) is 0 Å². The largest absolute Gasteiger partial charge is 0.467 e. The molecule has 2 aromatic heterocycles. The van der Waals surface area contributed by atoms with E-state index in [0.29, 0.717) is 49.8 Å². The number of amides is 1. The molecule has 2 aromatic rings. The Hall–Kier alpha value is -2.92. The number of rotatable bonds is 7. The van der Waals surface area contributed by atoms with Gasteiger partial charge in [-0.1, -0.05) is 34.6 Å². The van der Waals surface area contributed by atoms with Gasteiger partial charge in [-0.25, -0.2) is 9.97 Å². The van der Waals surface area contributed by atoms with Crippen molar-refractivity contribution in [3.8, 4) is 6.07 Å². The molecular weight excluding hydrogens is 404 g/mol. The van der Waals surface area contributed by atoms with Crippen molar-refractivity contribution in [2.24, 2.45) is 11.8 Å². The van der Waals surface area contributed by atoms with Gasteiger partial charge < -0.3 is 20.0 Å². The normalized spacial score (nSPS) is 18.9. The van der Waals surface area contributed by atoms with Crippen LogP contribution in [0.3, 0.4) is 0 Å². The summed E-state index contributed by atoms with van der Waals surface area (Å²) in [5.74, 6) is 1.98. The van der Waals surface area contributed by atoms with Gasteiger partial charge >= 0.3 is 0 Å². The van der Waals surface area contributed by atoms with E-state index in [1.165, 1.54) is 0 Å². The molecule has 0 radical (unpaired) electrons. The van der Waals surface area contributed by atoms with Crippen molar-refractivity contribution in [2.75, 3.05) is 25.0 Å². The molecule has 32 heavy (non-hydrogen) atoms. The fourth-order valence-corrected chi connectivity index (χ4v) is 3.82. The Kier molecular flexibility index (Phi) is 7.52. The molecular formula is C24H34N6O2. The van der Waals surface area contributed by atoms with Crippen molar-refractivity contribution in [3.63, 3.8) is 0 Å². The SMILES string of the molecule is CC(C)CN(C(=O)c1cnc(C(C)(C)C)nc1NCc1ccco1)C1CNCC(C#N)C1. The minimum atomic E-state index is -0.256. The maximum absolute atomic E-state index is 13.8. The van der Waals surface area contributed by atoms with Gasteiger partial charge in [0.15, 0.2) is 0 Å². The van der Waals surface area contributed by atoms with Gasteiger partial charge in [0.05, 0.1) is 24.8 Å². The first kappa shape index (κ1) is 23.7. The average Bonchev–Trinajstić information content (AvgIpc) is 3.28. The zero-order valence-electron chi connectivity index (χ0n) is 19.7. The highest BCUT2D eigenvalue weighted by Gasteiger charge is 2.32. The third kappa shape index (κ3) is 5.86. The molecule has 8 nitrogen and oxygen atoms in total. The van der Waals surface area contributed by atoms with Crippen LogP contribution in [0.1, 0.15) is 63.0 Å². The maximum Gasteiger partial charge on any atom is 0.259 e. The maximum atomic E-state index is 13.8. The fraction of sp³-hybridized carbons (Fsp3) is 0.583. The van der Waals surface area contributed by atoms with Crippen molar-refractivity contribution in [3.05, 3.63) is 41.7 Å². The first-order valence-electron chi connectivity index (χ1n) is 11.2. The third-order valence-electron chi connectivity index (χ3n) is 5.47. The van der Waals surface area contributed by atoms with Gasteiger partial charge in [-0.2, -0.15) is 5.26 Å². The van der Waals surface area contributed by atoms with Crippen LogP contribution >= 0.6 is 0 Å². The van der Waals surface area contributed by atoms with Crippen LogP contribution in [0.5, 0.6) is 0 Å². The van der Waals surface area contributed by atoms with Crippen LogP contribution in [0.4, 0.5) is 5.82 Å². The summed E-state index contributed by atoms with van der Waals surface area (Å²) in [5, 5.41) is 16.0. The predicted molar refractivity (Wildman–Crippen MR) is 123 cm³/mol. The molecule has 2 unspecified atom stereocenters. The van der Waals surface area contributed by atoms with Gasteiger partial charge in [0.25, 0.3) is 5.91 Å². The fourth-order valence-electron chi connectivity index (χ4n) is 3.82. The lowest BCUT2D eigenvalue weighted by Crippen LogP contribution is -2.52. The Bertz CT molecular complexity index is 942. The van der Waals surface area contributed by atoms with E-state index in [4.69, 9.17) is 9.40 Å². The summed E-state index contributed by atoms with van der Waals surface area (Å²) in [6, 6.07) is 6.00. The quantitative estimate of drug-likeness (QED) is 0.680. The number of hydrogen-bond acceptors (Lipinski definition) is 7. The second-order valence-electron chi connectivity index (χ2n) is 9.86. The highest BCUT2D eigenvalue weighted by molar-refractivity contribution is 5.98. The summed E-state index contributed by atoms with van der Waals surface area (Å²) in [6.07, 6.45) is 3.92. The summed E-state index contributed by atoms with van der Waals surface area (Å²) in [5.41, 5.74) is 0.178. The first-order valence-corrected chi connectivity index (χ1v) is 11.2. The van der Waals surface area contributed by atoms with Crippen molar-refractivity contribution < 1.29 is 9.21 Å². The van der Waals surface area contributed by atoms with Crippen LogP contribution < -0.4 is 10.6 Å².